The van der Waals surface area contributed by atoms with Crippen LogP contribution in [0.15, 0.2) is 0 Å². The largest absolute Gasteiger partial charge is 0.584 e. The quantitative estimate of drug-likeness (QED) is 0.539. The van der Waals surface area contributed by atoms with Gasteiger partial charge in [-0.3, -0.25) is 4.90 Å². The standard InChI is InChI=1S/C6H14NO2PS/c1-4-7(5-2)6(3)11-10(8)9/h6H,4-5H2,1-3H3/p+1. The van der Waals surface area contributed by atoms with E-state index in [2.05, 4.69) is 4.90 Å². The highest BCUT2D eigenvalue weighted by Crippen LogP contribution is 2.37. The zero-order chi connectivity index (χ0) is 8.85. The van der Waals surface area contributed by atoms with Crippen molar-refractivity contribution in [1.29, 1.82) is 0 Å². The van der Waals surface area contributed by atoms with E-state index >= 15 is 0 Å². The lowest BCUT2D eigenvalue weighted by atomic mass is 10.5. The average molecular weight is 196 g/mol. The molecule has 0 bridgehead atoms. The van der Waals surface area contributed by atoms with Crippen molar-refractivity contribution in [3.63, 3.8) is 0 Å². The Morgan fingerprint density at radius 1 is 1.55 bits per heavy atom. The van der Waals surface area contributed by atoms with E-state index in [1.165, 1.54) is 0 Å². The van der Waals surface area contributed by atoms with Gasteiger partial charge in [0.05, 0.1) is 0 Å². The van der Waals surface area contributed by atoms with Crippen LogP contribution in [0.1, 0.15) is 20.8 Å². The first kappa shape index (κ1) is 11.4. The van der Waals surface area contributed by atoms with Gasteiger partial charge in [-0.25, -0.2) is 0 Å². The monoisotopic (exact) mass is 196 g/mol. The van der Waals surface area contributed by atoms with Crippen LogP contribution in [0.5, 0.6) is 0 Å². The predicted octanol–water partition coefficient (Wildman–Crippen LogP) is 2.06. The van der Waals surface area contributed by atoms with Crippen molar-refractivity contribution in [1.82, 2.24) is 4.90 Å². The fraction of sp³-hybridized carbons (Fsp3) is 1.00. The minimum atomic E-state index is -2.06. The Morgan fingerprint density at radius 3 is 2.27 bits per heavy atom. The first-order valence-electron chi connectivity index (χ1n) is 3.68. The van der Waals surface area contributed by atoms with Gasteiger partial charge in [-0.05, 0) is 24.6 Å². The van der Waals surface area contributed by atoms with E-state index in [1.54, 1.807) is 0 Å². The Labute approximate surface area is 72.8 Å². The van der Waals surface area contributed by atoms with E-state index in [0.29, 0.717) is 0 Å². The molecule has 0 aliphatic heterocycles. The summed E-state index contributed by atoms with van der Waals surface area (Å²) < 4.78 is 10.4. The van der Waals surface area contributed by atoms with Gasteiger partial charge < -0.3 is 0 Å². The molecule has 0 heterocycles. The fourth-order valence-corrected chi connectivity index (χ4v) is 2.81. The summed E-state index contributed by atoms with van der Waals surface area (Å²) in [6.45, 7) is 7.89. The number of hydrogen-bond acceptors (Lipinski definition) is 3. The van der Waals surface area contributed by atoms with Crippen LogP contribution in [-0.2, 0) is 4.57 Å². The van der Waals surface area contributed by atoms with Crippen molar-refractivity contribution in [2.24, 2.45) is 0 Å². The second-order valence-corrected chi connectivity index (χ2v) is 5.10. The van der Waals surface area contributed by atoms with E-state index in [-0.39, 0.29) is 5.37 Å². The van der Waals surface area contributed by atoms with Crippen LogP contribution in [0.2, 0.25) is 0 Å². The highest BCUT2D eigenvalue weighted by atomic mass is 32.7. The molecule has 66 valence electrons. The molecule has 0 saturated heterocycles. The molecule has 0 aliphatic rings. The summed E-state index contributed by atoms with van der Waals surface area (Å²) in [5.74, 6) is 0. The third-order valence-corrected chi connectivity index (χ3v) is 3.81. The summed E-state index contributed by atoms with van der Waals surface area (Å²) in [6, 6.07) is 0. The molecule has 0 aromatic heterocycles. The number of hydrogen-bond donors (Lipinski definition) is 1. The Kier molecular flexibility index (Phi) is 6.15. The molecule has 3 nitrogen and oxygen atoms in total. The minimum Gasteiger partial charge on any atom is -0.289 e. The fourth-order valence-electron chi connectivity index (χ4n) is 0.935. The molecule has 5 heteroatoms. The lowest BCUT2D eigenvalue weighted by molar-refractivity contribution is 0.298. The number of rotatable bonds is 5. The van der Waals surface area contributed by atoms with Crippen molar-refractivity contribution >= 4 is 18.6 Å². The maximum Gasteiger partial charge on any atom is 0.584 e. The van der Waals surface area contributed by atoms with E-state index in [9.17, 15) is 4.57 Å². The van der Waals surface area contributed by atoms with Crippen molar-refractivity contribution in [3.05, 3.63) is 0 Å². The molecule has 0 radical (unpaired) electrons. The van der Waals surface area contributed by atoms with Gasteiger partial charge in [0.2, 0.25) is 0 Å². The molecule has 1 N–H and O–H groups in total. The smallest absolute Gasteiger partial charge is 0.289 e. The first-order valence-corrected chi connectivity index (χ1v) is 6.38. The van der Waals surface area contributed by atoms with Crippen LogP contribution < -0.4 is 0 Å². The predicted molar refractivity (Wildman–Crippen MR) is 49.8 cm³/mol. The van der Waals surface area contributed by atoms with E-state index in [4.69, 9.17) is 4.89 Å². The normalized spacial score (nSPS) is 15.2. The third-order valence-electron chi connectivity index (χ3n) is 1.57. The molecular formula is C6H15NO2PS+. The topological polar surface area (TPSA) is 40.5 Å². The Hall–Kier alpha value is 0.370. The van der Waals surface area contributed by atoms with Gasteiger partial charge in [0.25, 0.3) is 0 Å². The molecule has 11 heavy (non-hydrogen) atoms. The highest BCUT2D eigenvalue weighted by Gasteiger charge is 2.23. The molecule has 2 unspecified atom stereocenters. The molecule has 0 spiro atoms. The maximum absolute atomic E-state index is 10.4. The van der Waals surface area contributed by atoms with Gasteiger partial charge in [-0.15, -0.1) is 0 Å². The molecule has 0 rings (SSSR count). The van der Waals surface area contributed by atoms with Crippen molar-refractivity contribution in [2.75, 3.05) is 13.1 Å². The maximum atomic E-state index is 10.4. The van der Waals surface area contributed by atoms with Crippen molar-refractivity contribution < 1.29 is 9.46 Å². The first-order chi connectivity index (χ1) is 5.11. The summed E-state index contributed by atoms with van der Waals surface area (Å²) in [5.41, 5.74) is 0. The Balaban J connectivity index is 3.78. The van der Waals surface area contributed by atoms with Crippen molar-refractivity contribution in [3.8, 4) is 0 Å². The highest BCUT2D eigenvalue weighted by molar-refractivity contribution is 8.50. The summed E-state index contributed by atoms with van der Waals surface area (Å²) in [4.78, 5) is 10.7. The van der Waals surface area contributed by atoms with Gasteiger partial charge in [0.1, 0.15) is 5.37 Å². The van der Waals surface area contributed by atoms with E-state index < -0.39 is 7.23 Å². The van der Waals surface area contributed by atoms with Gasteiger partial charge in [-0.2, -0.15) is 4.89 Å². The van der Waals surface area contributed by atoms with Crippen LogP contribution >= 0.6 is 18.6 Å². The van der Waals surface area contributed by atoms with Crippen LogP contribution in [0.4, 0.5) is 0 Å². The lowest BCUT2D eigenvalue weighted by Gasteiger charge is -2.20. The van der Waals surface area contributed by atoms with E-state index in [0.717, 1.165) is 24.5 Å². The van der Waals surface area contributed by atoms with E-state index in [1.807, 2.05) is 20.8 Å². The molecule has 0 saturated carbocycles. The zero-order valence-electron chi connectivity index (χ0n) is 7.15. The Morgan fingerprint density at radius 2 is 2.00 bits per heavy atom. The lowest BCUT2D eigenvalue weighted by Crippen LogP contribution is -2.29. The molecule has 0 fully saturated rings. The summed E-state index contributed by atoms with van der Waals surface area (Å²) in [7, 11) is -2.06. The van der Waals surface area contributed by atoms with Gasteiger partial charge >= 0.3 is 7.23 Å². The molecule has 0 amide bonds. The molecular weight excluding hydrogens is 181 g/mol. The summed E-state index contributed by atoms with van der Waals surface area (Å²) in [6.07, 6.45) is 0. The van der Waals surface area contributed by atoms with Gasteiger partial charge in [0, 0.05) is 0 Å². The van der Waals surface area contributed by atoms with Crippen LogP contribution in [0.3, 0.4) is 0 Å². The summed E-state index contributed by atoms with van der Waals surface area (Å²) in [5, 5.41) is 0.138. The molecule has 2 atom stereocenters. The Bertz CT molecular complexity index is 130. The van der Waals surface area contributed by atoms with Crippen LogP contribution in [-0.4, -0.2) is 28.3 Å². The summed E-state index contributed by atoms with van der Waals surface area (Å²) >= 11 is 1.10. The molecule has 0 aliphatic carbocycles. The van der Waals surface area contributed by atoms with Crippen molar-refractivity contribution in [2.45, 2.75) is 26.1 Å². The SMILES string of the molecule is CCN(CC)C(C)S[P+](=O)O. The number of nitrogens with zero attached hydrogens (tertiary/aromatic N) is 1. The zero-order valence-corrected chi connectivity index (χ0v) is 8.86. The molecule has 0 aromatic rings. The van der Waals surface area contributed by atoms with Crippen LogP contribution in [0, 0.1) is 0 Å². The third kappa shape index (κ3) is 4.75. The molecule has 0 aromatic carbocycles. The second-order valence-electron chi connectivity index (χ2n) is 2.16. The second kappa shape index (κ2) is 5.95. The van der Waals surface area contributed by atoms with Gasteiger partial charge in [-0.1, -0.05) is 13.8 Å². The average Bonchev–Trinajstić information content (AvgIpc) is 1.88. The van der Waals surface area contributed by atoms with Gasteiger partial charge in [0.15, 0.2) is 11.4 Å². The minimum absolute atomic E-state index is 0.138. The van der Waals surface area contributed by atoms with Crippen LogP contribution in [0.25, 0.3) is 0 Å².